The Balaban J connectivity index is 1.51. The van der Waals surface area contributed by atoms with Gasteiger partial charge in [0.1, 0.15) is 0 Å². The molecule has 0 spiro atoms. The molecular formula is C25H26N4O2. The smallest absolute Gasteiger partial charge is 0.326 e. The number of likely N-dealkylation sites (tertiary alicyclic amines) is 1. The first-order valence-electron chi connectivity index (χ1n) is 10.4. The van der Waals surface area contributed by atoms with Crippen LogP contribution in [0.15, 0.2) is 84.9 Å². The van der Waals surface area contributed by atoms with Crippen molar-refractivity contribution in [1.82, 2.24) is 10.2 Å². The first-order valence-corrected chi connectivity index (χ1v) is 10.4. The first kappa shape index (κ1) is 20.5. The lowest BCUT2D eigenvalue weighted by atomic mass is 10.1. The fourth-order valence-corrected chi connectivity index (χ4v) is 3.94. The Bertz CT molecular complexity index is 1040. The fraction of sp³-hybridized carbons (Fsp3) is 0.200. The second-order valence-electron chi connectivity index (χ2n) is 7.75. The third-order valence-electron chi connectivity index (χ3n) is 5.60. The Labute approximate surface area is 182 Å². The highest BCUT2D eigenvalue weighted by Crippen LogP contribution is 2.28. The number of nitrogens with one attached hydrogen (secondary N) is 1. The number of rotatable bonds is 5. The Hall–Kier alpha value is -3.80. The van der Waals surface area contributed by atoms with Crippen LogP contribution in [-0.4, -0.2) is 29.4 Å². The second-order valence-corrected chi connectivity index (χ2v) is 7.75. The molecule has 1 fully saturated rings. The summed E-state index contributed by atoms with van der Waals surface area (Å²) in [4.78, 5) is 29.4. The molecule has 1 aliphatic heterocycles. The molecule has 4 rings (SSSR count). The van der Waals surface area contributed by atoms with E-state index in [-0.39, 0.29) is 30.4 Å². The van der Waals surface area contributed by atoms with Gasteiger partial charge in [0.05, 0.1) is 23.5 Å². The summed E-state index contributed by atoms with van der Waals surface area (Å²) in [7, 11) is 0. The molecule has 3 N–H and O–H groups in total. The van der Waals surface area contributed by atoms with E-state index in [1.807, 2.05) is 84.6 Å². The number of carbonyl (C=O) groups excluding carboxylic acids is 2. The second kappa shape index (κ2) is 8.92. The van der Waals surface area contributed by atoms with Gasteiger partial charge in [-0.05, 0) is 48.9 Å². The van der Waals surface area contributed by atoms with E-state index in [9.17, 15) is 9.59 Å². The van der Waals surface area contributed by atoms with Gasteiger partial charge in [0.15, 0.2) is 0 Å². The van der Waals surface area contributed by atoms with Gasteiger partial charge in [-0.1, -0.05) is 48.5 Å². The Morgan fingerprint density at radius 3 is 2.19 bits per heavy atom. The minimum absolute atomic E-state index is 0.0420. The maximum absolute atomic E-state index is 13.3. The fourth-order valence-electron chi connectivity index (χ4n) is 3.94. The van der Waals surface area contributed by atoms with E-state index >= 15 is 0 Å². The number of hydrogen-bond donors (Lipinski definition) is 2. The molecule has 6 heteroatoms. The number of nitrogen functional groups attached to an aromatic ring is 1. The Morgan fingerprint density at radius 2 is 1.55 bits per heavy atom. The van der Waals surface area contributed by atoms with Crippen LogP contribution in [-0.2, 0) is 4.79 Å². The molecule has 158 valence electrons. The van der Waals surface area contributed by atoms with Crippen LogP contribution in [0.1, 0.15) is 24.9 Å². The van der Waals surface area contributed by atoms with Crippen LogP contribution >= 0.6 is 0 Å². The number of hydrogen-bond acceptors (Lipinski definition) is 3. The number of amides is 3. The summed E-state index contributed by atoms with van der Waals surface area (Å²) in [5.74, 6) is 0.0420. The maximum atomic E-state index is 13.3. The van der Waals surface area contributed by atoms with Crippen molar-refractivity contribution in [2.75, 3.05) is 17.2 Å². The van der Waals surface area contributed by atoms with Crippen molar-refractivity contribution >= 4 is 29.0 Å². The van der Waals surface area contributed by atoms with E-state index < -0.39 is 0 Å². The highest BCUT2D eigenvalue weighted by molar-refractivity contribution is 6.00. The molecule has 1 saturated heterocycles. The average molecular weight is 415 g/mol. The molecule has 2 unspecified atom stereocenters. The summed E-state index contributed by atoms with van der Waals surface area (Å²) in [5.41, 5.74) is 8.97. The van der Waals surface area contributed by atoms with Crippen molar-refractivity contribution in [2.45, 2.75) is 25.4 Å². The topological polar surface area (TPSA) is 78.7 Å². The van der Waals surface area contributed by atoms with Crippen LogP contribution < -0.4 is 16.0 Å². The molecular weight excluding hydrogens is 388 g/mol. The summed E-state index contributed by atoms with van der Waals surface area (Å²) >= 11 is 0. The highest BCUT2D eigenvalue weighted by atomic mass is 16.2. The van der Waals surface area contributed by atoms with Crippen molar-refractivity contribution in [3.63, 3.8) is 0 Å². The van der Waals surface area contributed by atoms with Crippen LogP contribution in [0.25, 0.3) is 0 Å². The predicted molar refractivity (Wildman–Crippen MR) is 123 cm³/mol. The third kappa shape index (κ3) is 4.53. The Morgan fingerprint density at radius 1 is 0.968 bits per heavy atom. The van der Waals surface area contributed by atoms with Gasteiger partial charge < -0.3 is 16.0 Å². The number of carbonyl (C=O) groups is 2. The average Bonchev–Trinajstić information content (AvgIpc) is 3.16. The van der Waals surface area contributed by atoms with E-state index in [1.54, 1.807) is 17.0 Å². The Kier molecular flexibility index (Phi) is 5.89. The number of para-hydroxylation sites is 1. The standard InChI is InChI=1S/C25H26N4O2/c1-18(19-8-4-2-5-9-19)28-17-21(16-24(28)30)27-25(31)29(22-10-6-3-7-11-22)23-14-12-20(26)13-15-23/h2-15,18,21H,16-17,26H2,1H3,(H,27,31). The van der Waals surface area contributed by atoms with Crippen LogP contribution in [0.5, 0.6) is 0 Å². The molecule has 0 saturated carbocycles. The van der Waals surface area contributed by atoms with Crippen LogP contribution in [0.3, 0.4) is 0 Å². The summed E-state index contributed by atoms with van der Waals surface area (Å²) in [6, 6.07) is 25.9. The summed E-state index contributed by atoms with van der Waals surface area (Å²) in [6.07, 6.45) is 0.285. The molecule has 0 aliphatic carbocycles. The minimum atomic E-state index is -0.275. The molecule has 1 heterocycles. The number of benzene rings is 3. The number of nitrogens with zero attached hydrogens (tertiary/aromatic N) is 2. The molecule has 31 heavy (non-hydrogen) atoms. The van der Waals surface area contributed by atoms with E-state index in [0.29, 0.717) is 17.9 Å². The van der Waals surface area contributed by atoms with Gasteiger partial charge in [-0.25, -0.2) is 4.79 Å². The zero-order chi connectivity index (χ0) is 21.8. The van der Waals surface area contributed by atoms with Gasteiger partial charge >= 0.3 is 6.03 Å². The van der Waals surface area contributed by atoms with Crippen LogP contribution in [0.2, 0.25) is 0 Å². The van der Waals surface area contributed by atoms with E-state index in [4.69, 9.17) is 5.73 Å². The predicted octanol–water partition coefficient (Wildman–Crippen LogP) is 4.48. The van der Waals surface area contributed by atoms with Crippen molar-refractivity contribution in [1.29, 1.82) is 0 Å². The van der Waals surface area contributed by atoms with Gasteiger partial charge in [0.2, 0.25) is 5.91 Å². The van der Waals surface area contributed by atoms with Gasteiger partial charge in [0, 0.05) is 18.7 Å². The SMILES string of the molecule is CC(c1ccccc1)N1CC(NC(=O)N(c2ccccc2)c2ccc(N)cc2)CC1=O. The lowest BCUT2D eigenvalue weighted by Crippen LogP contribution is -2.44. The van der Waals surface area contributed by atoms with Crippen molar-refractivity contribution in [3.8, 4) is 0 Å². The molecule has 3 aromatic rings. The maximum Gasteiger partial charge on any atom is 0.326 e. The lowest BCUT2D eigenvalue weighted by Gasteiger charge is -2.27. The van der Waals surface area contributed by atoms with Gasteiger partial charge in [-0.3, -0.25) is 9.69 Å². The summed E-state index contributed by atoms with van der Waals surface area (Å²) in [5, 5.41) is 3.05. The van der Waals surface area contributed by atoms with Crippen molar-refractivity contribution in [3.05, 3.63) is 90.5 Å². The summed E-state index contributed by atoms with van der Waals surface area (Å²) < 4.78 is 0. The normalized spacial score (nSPS) is 16.7. The quantitative estimate of drug-likeness (QED) is 0.604. The molecule has 6 nitrogen and oxygen atoms in total. The molecule has 0 aromatic heterocycles. The van der Waals surface area contributed by atoms with E-state index in [1.165, 1.54) is 0 Å². The van der Waals surface area contributed by atoms with E-state index in [0.717, 1.165) is 11.3 Å². The number of anilines is 3. The molecule has 2 atom stereocenters. The van der Waals surface area contributed by atoms with Crippen LogP contribution in [0.4, 0.5) is 21.9 Å². The molecule has 0 radical (unpaired) electrons. The lowest BCUT2D eigenvalue weighted by molar-refractivity contribution is -0.129. The van der Waals surface area contributed by atoms with Crippen molar-refractivity contribution < 1.29 is 9.59 Å². The molecule has 3 aromatic carbocycles. The van der Waals surface area contributed by atoms with Gasteiger partial charge in [0.25, 0.3) is 0 Å². The first-order chi connectivity index (χ1) is 15.0. The molecule has 1 aliphatic rings. The van der Waals surface area contributed by atoms with Gasteiger partial charge in [-0.2, -0.15) is 0 Å². The van der Waals surface area contributed by atoms with Crippen LogP contribution in [0, 0.1) is 0 Å². The number of nitrogens with two attached hydrogens (primary N) is 1. The number of urea groups is 1. The largest absolute Gasteiger partial charge is 0.399 e. The summed E-state index contributed by atoms with van der Waals surface area (Å²) in [6.45, 7) is 2.49. The molecule has 3 amide bonds. The van der Waals surface area contributed by atoms with Gasteiger partial charge in [-0.15, -0.1) is 0 Å². The third-order valence-corrected chi connectivity index (χ3v) is 5.60. The highest BCUT2D eigenvalue weighted by Gasteiger charge is 2.35. The monoisotopic (exact) mass is 414 g/mol. The van der Waals surface area contributed by atoms with Crippen molar-refractivity contribution in [2.24, 2.45) is 0 Å². The zero-order valence-corrected chi connectivity index (χ0v) is 17.4. The molecule has 0 bridgehead atoms. The van der Waals surface area contributed by atoms with E-state index in [2.05, 4.69) is 5.32 Å². The zero-order valence-electron chi connectivity index (χ0n) is 17.4. The minimum Gasteiger partial charge on any atom is -0.399 e.